The van der Waals surface area contributed by atoms with Gasteiger partial charge in [-0.15, -0.1) is 0 Å². The van der Waals surface area contributed by atoms with Crippen LogP contribution in [-0.2, 0) is 11.2 Å². The summed E-state index contributed by atoms with van der Waals surface area (Å²) in [7, 11) is 0. The van der Waals surface area contributed by atoms with Gasteiger partial charge in [-0.05, 0) is 31.7 Å². The molecule has 20 heavy (non-hydrogen) atoms. The minimum absolute atomic E-state index is 0.267. The molecule has 1 saturated carbocycles. The predicted molar refractivity (Wildman–Crippen MR) is 82.5 cm³/mol. The van der Waals surface area contributed by atoms with Crippen molar-refractivity contribution in [2.24, 2.45) is 5.73 Å². The van der Waals surface area contributed by atoms with Gasteiger partial charge in [-0.25, -0.2) is 0 Å². The van der Waals surface area contributed by atoms with Crippen LogP contribution in [0.15, 0.2) is 24.3 Å². The molecule has 0 saturated heterocycles. The van der Waals surface area contributed by atoms with Crippen molar-refractivity contribution in [3.05, 3.63) is 35.4 Å². The van der Waals surface area contributed by atoms with Crippen LogP contribution in [0.5, 0.6) is 0 Å². The molecule has 1 aliphatic rings. The summed E-state index contributed by atoms with van der Waals surface area (Å²) in [4.78, 5) is 14.5. The van der Waals surface area contributed by atoms with E-state index in [1.165, 1.54) is 24.0 Å². The maximum Gasteiger partial charge on any atom is 0.223 e. The Balaban J connectivity index is 1.89. The Morgan fingerprint density at radius 2 is 1.90 bits per heavy atom. The molecule has 0 radical (unpaired) electrons. The lowest BCUT2D eigenvalue weighted by Crippen LogP contribution is -2.42. The van der Waals surface area contributed by atoms with E-state index in [1.54, 1.807) is 0 Å². The van der Waals surface area contributed by atoms with Crippen molar-refractivity contribution in [2.75, 3.05) is 13.1 Å². The van der Waals surface area contributed by atoms with Crippen molar-refractivity contribution >= 4 is 5.91 Å². The van der Waals surface area contributed by atoms with E-state index in [4.69, 9.17) is 5.73 Å². The van der Waals surface area contributed by atoms with Gasteiger partial charge >= 0.3 is 0 Å². The summed E-state index contributed by atoms with van der Waals surface area (Å²) in [6.45, 7) is 3.35. The fourth-order valence-corrected chi connectivity index (χ4v) is 3.02. The first-order valence-electron chi connectivity index (χ1n) is 7.76. The standard InChI is InChI=1S/C17H26N2O/c1-14-6-8-15(9-7-14)10-11-17(20)19(13-12-18)16-4-2-3-5-16/h6-9,16H,2-5,10-13,18H2,1H3. The molecule has 3 nitrogen and oxygen atoms in total. The zero-order valence-corrected chi connectivity index (χ0v) is 12.5. The van der Waals surface area contributed by atoms with E-state index >= 15 is 0 Å². The summed E-state index contributed by atoms with van der Waals surface area (Å²) in [6.07, 6.45) is 6.22. The highest BCUT2D eigenvalue weighted by molar-refractivity contribution is 5.76. The van der Waals surface area contributed by atoms with Crippen LogP contribution in [0.4, 0.5) is 0 Å². The zero-order valence-electron chi connectivity index (χ0n) is 12.5. The van der Waals surface area contributed by atoms with Gasteiger partial charge in [0.25, 0.3) is 0 Å². The summed E-state index contributed by atoms with van der Waals surface area (Å²) >= 11 is 0. The second-order valence-electron chi connectivity index (χ2n) is 5.80. The lowest BCUT2D eigenvalue weighted by Gasteiger charge is -2.28. The highest BCUT2D eigenvalue weighted by Gasteiger charge is 2.25. The number of carbonyl (C=O) groups excluding carboxylic acids is 1. The van der Waals surface area contributed by atoms with Crippen molar-refractivity contribution in [1.29, 1.82) is 0 Å². The van der Waals surface area contributed by atoms with E-state index in [1.807, 2.05) is 4.90 Å². The molecule has 0 spiro atoms. The second-order valence-corrected chi connectivity index (χ2v) is 5.80. The summed E-state index contributed by atoms with van der Waals surface area (Å²) in [5.74, 6) is 0.267. The monoisotopic (exact) mass is 274 g/mol. The molecule has 0 bridgehead atoms. The Bertz CT molecular complexity index is 421. The summed E-state index contributed by atoms with van der Waals surface area (Å²) in [5.41, 5.74) is 8.16. The highest BCUT2D eigenvalue weighted by atomic mass is 16.2. The molecule has 1 aromatic carbocycles. The molecule has 2 N–H and O–H groups in total. The van der Waals surface area contributed by atoms with Crippen LogP contribution in [0.1, 0.15) is 43.2 Å². The molecule has 2 rings (SSSR count). The van der Waals surface area contributed by atoms with Gasteiger partial charge in [-0.2, -0.15) is 0 Å². The van der Waals surface area contributed by atoms with Crippen molar-refractivity contribution in [1.82, 2.24) is 4.90 Å². The minimum atomic E-state index is 0.267. The largest absolute Gasteiger partial charge is 0.338 e. The summed E-state index contributed by atoms with van der Waals surface area (Å²) in [5, 5.41) is 0. The van der Waals surface area contributed by atoms with Crippen molar-refractivity contribution in [2.45, 2.75) is 51.5 Å². The fourth-order valence-electron chi connectivity index (χ4n) is 3.02. The highest BCUT2D eigenvalue weighted by Crippen LogP contribution is 2.24. The van der Waals surface area contributed by atoms with Crippen molar-refractivity contribution < 1.29 is 4.79 Å². The molecular weight excluding hydrogens is 248 g/mol. The van der Waals surface area contributed by atoms with Gasteiger partial charge in [-0.3, -0.25) is 4.79 Å². The van der Waals surface area contributed by atoms with E-state index in [0.29, 0.717) is 25.6 Å². The fraction of sp³-hybridized carbons (Fsp3) is 0.588. The molecule has 1 aliphatic carbocycles. The SMILES string of the molecule is Cc1ccc(CCC(=O)N(CCN)C2CCCC2)cc1. The van der Waals surface area contributed by atoms with E-state index in [-0.39, 0.29) is 5.91 Å². The zero-order chi connectivity index (χ0) is 14.4. The van der Waals surface area contributed by atoms with Gasteiger partial charge in [-0.1, -0.05) is 42.7 Å². The Morgan fingerprint density at radius 1 is 1.25 bits per heavy atom. The number of rotatable bonds is 6. The van der Waals surface area contributed by atoms with Crippen LogP contribution >= 0.6 is 0 Å². The molecule has 1 amide bonds. The predicted octanol–water partition coefficient (Wildman–Crippen LogP) is 2.66. The van der Waals surface area contributed by atoms with Crippen LogP contribution in [0.2, 0.25) is 0 Å². The third kappa shape index (κ3) is 4.07. The molecule has 1 fully saturated rings. The topological polar surface area (TPSA) is 46.3 Å². The number of aryl methyl sites for hydroxylation is 2. The van der Waals surface area contributed by atoms with Gasteiger partial charge in [0.2, 0.25) is 5.91 Å². The molecular formula is C17H26N2O. The van der Waals surface area contributed by atoms with Crippen LogP contribution in [-0.4, -0.2) is 29.9 Å². The number of nitrogens with two attached hydrogens (primary N) is 1. The first kappa shape index (κ1) is 15.0. The maximum atomic E-state index is 12.4. The maximum absolute atomic E-state index is 12.4. The molecule has 0 aromatic heterocycles. The number of hydrogen-bond acceptors (Lipinski definition) is 2. The van der Waals surface area contributed by atoms with Gasteiger partial charge in [0.05, 0.1) is 0 Å². The number of hydrogen-bond donors (Lipinski definition) is 1. The molecule has 0 atom stereocenters. The molecule has 0 unspecified atom stereocenters. The number of nitrogens with zero attached hydrogens (tertiary/aromatic N) is 1. The summed E-state index contributed by atoms with van der Waals surface area (Å²) < 4.78 is 0. The molecule has 0 aliphatic heterocycles. The number of benzene rings is 1. The third-order valence-electron chi connectivity index (χ3n) is 4.20. The normalized spacial score (nSPS) is 15.5. The Kier molecular flexibility index (Phi) is 5.60. The molecule has 0 heterocycles. The van der Waals surface area contributed by atoms with Crippen LogP contribution in [0.25, 0.3) is 0 Å². The molecule has 1 aromatic rings. The smallest absolute Gasteiger partial charge is 0.223 e. The van der Waals surface area contributed by atoms with Gasteiger partial charge in [0.15, 0.2) is 0 Å². The van der Waals surface area contributed by atoms with Crippen LogP contribution in [0, 0.1) is 6.92 Å². The lowest BCUT2D eigenvalue weighted by molar-refractivity contribution is -0.133. The quantitative estimate of drug-likeness (QED) is 0.867. The van der Waals surface area contributed by atoms with Gasteiger partial charge in [0, 0.05) is 25.6 Å². The number of carbonyl (C=O) groups is 1. The van der Waals surface area contributed by atoms with E-state index in [0.717, 1.165) is 19.3 Å². The first-order chi connectivity index (χ1) is 9.70. The Morgan fingerprint density at radius 3 is 2.50 bits per heavy atom. The van der Waals surface area contributed by atoms with Crippen molar-refractivity contribution in [3.8, 4) is 0 Å². The summed E-state index contributed by atoms with van der Waals surface area (Å²) in [6, 6.07) is 8.88. The minimum Gasteiger partial charge on any atom is -0.338 e. The molecule has 110 valence electrons. The van der Waals surface area contributed by atoms with Gasteiger partial charge < -0.3 is 10.6 Å². The van der Waals surface area contributed by atoms with Crippen LogP contribution < -0.4 is 5.73 Å². The van der Waals surface area contributed by atoms with E-state index < -0.39 is 0 Å². The van der Waals surface area contributed by atoms with Gasteiger partial charge in [0.1, 0.15) is 0 Å². The van der Waals surface area contributed by atoms with Crippen molar-refractivity contribution in [3.63, 3.8) is 0 Å². The number of amides is 1. The lowest BCUT2D eigenvalue weighted by atomic mass is 10.1. The molecule has 3 heteroatoms. The van der Waals surface area contributed by atoms with E-state index in [2.05, 4.69) is 31.2 Å². The Hall–Kier alpha value is -1.35. The first-order valence-corrected chi connectivity index (χ1v) is 7.76. The average Bonchev–Trinajstić information content (AvgIpc) is 2.97. The Labute approximate surface area is 122 Å². The van der Waals surface area contributed by atoms with E-state index in [9.17, 15) is 4.79 Å². The van der Waals surface area contributed by atoms with Crippen LogP contribution in [0.3, 0.4) is 0 Å². The average molecular weight is 274 g/mol. The second kappa shape index (κ2) is 7.44. The third-order valence-corrected chi connectivity index (χ3v) is 4.20.